The van der Waals surface area contributed by atoms with E-state index in [-0.39, 0.29) is 0 Å². The van der Waals surface area contributed by atoms with Crippen LogP contribution in [0.15, 0.2) is 60.7 Å². The topological polar surface area (TPSA) is 18.5 Å². The molecule has 21 heavy (non-hydrogen) atoms. The molecular weight excluding hydrogens is 308 g/mol. The van der Waals surface area contributed by atoms with Gasteiger partial charge in [-0.15, -0.1) is 0 Å². The van der Waals surface area contributed by atoms with Crippen LogP contribution in [0.3, 0.4) is 0 Å². The minimum Gasteiger partial charge on any atom is -0.432 e. The molecule has 0 aromatic heterocycles. The predicted octanol–water partition coefficient (Wildman–Crippen LogP) is 2.78. The summed E-state index contributed by atoms with van der Waals surface area (Å²) in [6.45, 7) is 8.82. The van der Waals surface area contributed by atoms with Crippen molar-refractivity contribution in [3.63, 3.8) is 0 Å². The molecular formula is C16H22O2Si3. The van der Waals surface area contributed by atoms with Crippen molar-refractivity contribution in [2.45, 2.75) is 26.2 Å². The van der Waals surface area contributed by atoms with E-state index in [1.54, 1.807) is 0 Å². The maximum atomic E-state index is 6.56. The molecule has 0 spiro atoms. The molecule has 0 saturated carbocycles. The summed E-state index contributed by atoms with van der Waals surface area (Å²) in [4.78, 5) is 0. The standard InChI is InChI=1S/C16H22O2Si3/c1-19(2)17-20(15-11-7-5-8-12-15)18-21(3,4)16-13-9-6-10-14-16/h5-14H,1-4H3. The third kappa shape index (κ3) is 4.76. The fraction of sp³-hybridized carbons (Fsp3) is 0.250. The molecule has 0 N–H and O–H groups in total. The van der Waals surface area contributed by atoms with Crippen LogP contribution in [0.5, 0.6) is 0 Å². The Hall–Kier alpha value is -0.989. The molecule has 110 valence electrons. The molecule has 2 aromatic rings. The molecule has 0 aliphatic carbocycles. The van der Waals surface area contributed by atoms with Gasteiger partial charge in [0.25, 0.3) is 0 Å². The van der Waals surface area contributed by atoms with Crippen molar-refractivity contribution in [1.82, 2.24) is 0 Å². The van der Waals surface area contributed by atoms with E-state index in [0.717, 1.165) is 0 Å². The quantitative estimate of drug-likeness (QED) is 0.758. The average molecular weight is 331 g/mol. The lowest BCUT2D eigenvalue weighted by molar-refractivity contribution is 0.449. The highest BCUT2D eigenvalue weighted by molar-refractivity contribution is 6.90. The van der Waals surface area contributed by atoms with Crippen LogP contribution in [0.4, 0.5) is 0 Å². The first-order chi connectivity index (χ1) is 9.99. The number of rotatable bonds is 6. The van der Waals surface area contributed by atoms with E-state index >= 15 is 0 Å². The molecule has 0 heterocycles. The molecule has 0 saturated heterocycles. The van der Waals surface area contributed by atoms with Gasteiger partial charge in [0.05, 0.1) is 0 Å². The van der Waals surface area contributed by atoms with Crippen LogP contribution >= 0.6 is 0 Å². The molecule has 0 unspecified atom stereocenters. The van der Waals surface area contributed by atoms with Gasteiger partial charge in [0.2, 0.25) is 8.32 Å². The molecule has 0 aliphatic rings. The van der Waals surface area contributed by atoms with Gasteiger partial charge in [-0.3, -0.25) is 0 Å². The first kappa shape index (κ1) is 16.4. The van der Waals surface area contributed by atoms with Crippen LogP contribution in [0.1, 0.15) is 0 Å². The van der Waals surface area contributed by atoms with Gasteiger partial charge in [-0.05, 0) is 36.6 Å². The SMILES string of the molecule is C[Si](C)O[Si](O[Si](C)(C)c1ccccc1)c1ccccc1. The number of hydrogen-bond acceptors (Lipinski definition) is 2. The van der Waals surface area contributed by atoms with E-state index in [1.807, 2.05) is 12.1 Å². The van der Waals surface area contributed by atoms with Crippen molar-refractivity contribution in [2.75, 3.05) is 0 Å². The molecule has 5 heteroatoms. The van der Waals surface area contributed by atoms with Gasteiger partial charge in [-0.2, -0.15) is 0 Å². The largest absolute Gasteiger partial charge is 0.432 e. The molecule has 0 atom stereocenters. The number of benzene rings is 2. The second-order valence-electron chi connectivity index (χ2n) is 5.64. The van der Waals surface area contributed by atoms with Crippen molar-refractivity contribution in [2.24, 2.45) is 0 Å². The van der Waals surface area contributed by atoms with E-state index in [0.29, 0.717) is 0 Å². The highest BCUT2D eigenvalue weighted by Gasteiger charge is 2.33. The molecule has 2 radical (unpaired) electrons. The lowest BCUT2D eigenvalue weighted by Crippen LogP contribution is -2.54. The Labute approximate surface area is 132 Å². The fourth-order valence-corrected chi connectivity index (χ4v) is 8.78. The van der Waals surface area contributed by atoms with Gasteiger partial charge in [0.1, 0.15) is 0 Å². The first-order valence-electron chi connectivity index (χ1n) is 7.14. The van der Waals surface area contributed by atoms with Crippen LogP contribution in [0, 0.1) is 0 Å². The van der Waals surface area contributed by atoms with Crippen molar-refractivity contribution in [1.29, 1.82) is 0 Å². The lowest BCUT2D eigenvalue weighted by atomic mass is 10.4. The van der Waals surface area contributed by atoms with Gasteiger partial charge in [0.15, 0.2) is 9.04 Å². The zero-order valence-corrected chi connectivity index (χ0v) is 16.1. The zero-order chi connectivity index (χ0) is 15.3. The molecule has 0 bridgehead atoms. The molecule has 0 fully saturated rings. The van der Waals surface area contributed by atoms with Gasteiger partial charge >= 0.3 is 9.28 Å². The highest BCUT2D eigenvalue weighted by atomic mass is 28.4. The van der Waals surface area contributed by atoms with E-state index in [1.165, 1.54) is 10.4 Å². The minimum absolute atomic E-state index is 0.791. The van der Waals surface area contributed by atoms with Crippen molar-refractivity contribution in [3.05, 3.63) is 60.7 Å². The Kier molecular flexibility index (Phi) is 5.72. The summed E-state index contributed by atoms with van der Waals surface area (Å²) in [5.41, 5.74) is 0. The summed E-state index contributed by atoms with van der Waals surface area (Å²) in [6, 6.07) is 20.9. The second-order valence-corrected chi connectivity index (χ2v) is 13.8. The Morgan fingerprint density at radius 2 is 1.33 bits per heavy atom. The highest BCUT2D eigenvalue weighted by Crippen LogP contribution is 2.09. The maximum absolute atomic E-state index is 6.56. The van der Waals surface area contributed by atoms with Crippen molar-refractivity contribution >= 4 is 37.0 Å². The summed E-state index contributed by atoms with van der Waals surface area (Å²) in [7, 11) is -4.17. The van der Waals surface area contributed by atoms with Gasteiger partial charge in [-0.25, -0.2) is 0 Å². The third-order valence-corrected chi connectivity index (χ3v) is 10.8. The molecule has 2 aromatic carbocycles. The molecule has 0 amide bonds. The van der Waals surface area contributed by atoms with E-state index in [2.05, 4.69) is 74.7 Å². The fourth-order valence-electron chi connectivity index (χ4n) is 2.03. The Balaban J connectivity index is 2.22. The third-order valence-electron chi connectivity index (χ3n) is 3.12. The first-order valence-corrected chi connectivity index (χ1v) is 13.8. The summed E-state index contributed by atoms with van der Waals surface area (Å²) in [5, 5.41) is 2.51. The molecule has 0 aliphatic heterocycles. The monoisotopic (exact) mass is 330 g/mol. The van der Waals surface area contributed by atoms with Crippen LogP contribution in [-0.4, -0.2) is 26.6 Å². The summed E-state index contributed by atoms with van der Waals surface area (Å²) >= 11 is 0. The van der Waals surface area contributed by atoms with E-state index in [4.69, 9.17) is 8.23 Å². The van der Waals surface area contributed by atoms with Gasteiger partial charge in [0, 0.05) is 0 Å². The Morgan fingerprint density at radius 1 is 0.810 bits per heavy atom. The van der Waals surface area contributed by atoms with Crippen LogP contribution in [0.2, 0.25) is 26.2 Å². The molecule has 2 rings (SSSR count). The summed E-state index contributed by atoms with van der Waals surface area (Å²) < 4.78 is 12.8. The van der Waals surface area contributed by atoms with E-state index in [9.17, 15) is 0 Å². The van der Waals surface area contributed by atoms with Crippen molar-refractivity contribution in [3.8, 4) is 0 Å². The van der Waals surface area contributed by atoms with E-state index < -0.39 is 26.6 Å². The van der Waals surface area contributed by atoms with Gasteiger partial charge < -0.3 is 8.23 Å². The van der Waals surface area contributed by atoms with Crippen molar-refractivity contribution < 1.29 is 8.23 Å². The normalized spacial score (nSPS) is 12.1. The Bertz CT molecular complexity index is 544. The predicted molar refractivity (Wildman–Crippen MR) is 95.0 cm³/mol. The zero-order valence-electron chi connectivity index (χ0n) is 13.1. The smallest absolute Gasteiger partial charge is 0.401 e. The lowest BCUT2D eigenvalue weighted by Gasteiger charge is -2.29. The second kappa shape index (κ2) is 7.33. The summed E-state index contributed by atoms with van der Waals surface area (Å²) in [5.74, 6) is 0. The van der Waals surface area contributed by atoms with Crippen LogP contribution in [-0.2, 0) is 8.23 Å². The van der Waals surface area contributed by atoms with Crippen LogP contribution in [0.25, 0.3) is 0 Å². The Morgan fingerprint density at radius 3 is 1.86 bits per heavy atom. The number of hydrogen-bond donors (Lipinski definition) is 0. The minimum atomic E-state index is -1.96. The average Bonchev–Trinajstić information content (AvgIpc) is 2.48. The maximum Gasteiger partial charge on any atom is 0.401 e. The van der Waals surface area contributed by atoms with Gasteiger partial charge in [-0.1, -0.05) is 60.7 Å². The molecule has 2 nitrogen and oxygen atoms in total. The summed E-state index contributed by atoms with van der Waals surface area (Å²) in [6.07, 6.45) is 0. The van der Waals surface area contributed by atoms with Crippen LogP contribution < -0.4 is 10.4 Å².